The third-order valence-corrected chi connectivity index (χ3v) is 8.53. The van der Waals surface area contributed by atoms with Crippen LogP contribution in [0.2, 0.25) is 0 Å². The highest BCUT2D eigenvalue weighted by molar-refractivity contribution is 5.98. The minimum absolute atomic E-state index is 0.0857. The van der Waals surface area contributed by atoms with Gasteiger partial charge in [-0.1, -0.05) is 6.07 Å². The van der Waals surface area contributed by atoms with E-state index in [1.165, 1.54) is 6.20 Å². The first-order chi connectivity index (χ1) is 18.9. The van der Waals surface area contributed by atoms with E-state index in [-0.39, 0.29) is 35.4 Å². The summed E-state index contributed by atoms with van der Waals surface area (Å²) in [5.41, 5.74) is 1.88. The van der Waals surface area contributed by atoms with Gasteiger partial charge in [0.15, 0.2) is 12.0 Å². The molecule has 3 aliphatic rings. The fourth-order valence-corrected chi connectivity index (χ4v) is 6.60. The monoisotopic (exact) mass is 536 g/mol. The maximum Gasteiger partial charge on any atom is 0.320 e. The number of fused-ring (bicyclic) bond motifs is 3. The minimum Gasteiger partial charge on any atom is -0.493 e. The first-order valence-corrected chi connectivity index (χ1v) is 13.6. The number of hydrogen-bond donors (Lipinski definition) is 1. The van der Waals surface area contributed by atoms with E-state index in [0.717, 1.165) is 55.1 Å². The average molecular weight is 537 g/mol. The summed E-state index contributed by atoms with van der Waals surface area (Å²) in [7, 11) is 0. The van der Waals surface area contributed by atoms with Crippen LogP contribution in [0, 0.1) is 12.7 Å². The van der Waals surface area contributed by atoms with Gasteiger partial charge in [-0.2, -0.15) is 15.1 Å². The zero-order chi connectivity index (χ0) is 26.7. The molecule has 7 rings (SSSR count). The molecule has 0 aliphatic carbocycles. The summed E-state index contributed by atoms with van der Waals surface area (Å²) in [6.07, 6.45) is 7.18. The van der Waals surface area contributed by atoms with Gasteiger partial charge in [0.05, 0.1) is 22.6 Å². The number of hydrogen-bond acceptors (Lipinski definition) is 8. The van der Waals surface area contributed by atoms with Gasteiger partial charge in [0.2, 0.25) is 5.88 Å². The van der Waals surface area contributed by atoms with E-state index in [1.807, 2.05) is 23.7 Å². The minimum atomic E-state index is -0.897. The predicted octanol–water partition coefficient (Wildman–Crippen LogP) is 4.85. The second-order valence-electron chi connectivity index (χ2n) is 11.0. The summed E-state index contributed by atoms with van der Waals surface area (Å²) in [6.45, 7) is 3.98. The van der Waals surface area contributed by atoms with Crippen LogP contribution in [0.15, 0.2) is 24.5 Å². The summed E-state index contributed by atoms with van der Waals surface area (Å²) >= 11 is 0. The second-order valence-corrected chi connectivity index (χ2v) is 11.0. The molecule has 0 saturated carbocycles. The van der Waals surface area contributed by atoms with Crippen molar-refractivity contribution in [2.75, 3.05) is 26.3 Å². The number of benzene rings is 1. The number of ether oxygens (including phenoxy) is 2. The van der Waals surface area contributed by atoms with E-state index in [9.17, 15) is 9.50 Å². The second kappa shape index (κ2) is 9.34. The lowest BCUT2D eigenvalue weighted by Gasteiger charge is -2.30. The molecular weight excluding hydrogens is 506 g/mol. The van der Waals surface area contributed by atoms with Gasteiger partial charge < -0.3 is 14.6 Å². The van der Waals surface area contributed by atoms with Crippen LogP contribution in [0.25, 0.3) is 33.1 Å². The lowest BCUT2D eigenvalue weighted by Crippen LogP contribution is -2.43. The van der Waals surface area contributed by atoms with Gasteiger partial charge in [-0.05, 0) is 57.2 Å². The molecule has 204 valence electrons. The first-order valence-electron chi connectivity index (χ1n) is 13.6. The standard InChI is InChI=1S/C28H30F2N6O3/c1-16-6-7-20-18(13-32-36(20)21-5-2-3-10-38-21)22(16)25-23(30)24-19(12-31-25)26(37)34-27(33-24)39-15-28-8-4-9-35(28)14-17(29)11-28/h6-7,12-13,17,21H,2-5,8-11,14-15H2,1H3,(H,33,34,37)/t17-,21?,28+/m1/s1. The molecule has 0 spiro atoms. The normalized spacial score (nSPS) is 25.5. The van der Waals surface area contributed by atoms with E-state index >= 15 is 4.39 Å². The van der Waals surface area contributed by atoms with Crippen molar-refractivity contribution < 1.29 is 23.4 Å². The smallest absolute Gasteiger partial charge is 0.320 e. The lowest BCUT2D eigenvalue weighted by atomic mass is 9.95. The fourth-order valence-electron chi connectivity index (χ4n) is 6.60. The van der Waals surface area contributed by atoms with Crippen LogP contribution in [0.3, 0.4) is 0 Å². The summed E-state index contributed by atoms with van der Waals surface area (Å²) in [6, 6.07) is 3.74. The number of nitrogens with zero attached hydrogens (tertiary/aromatic N) is 6. The van der Waals surface area contributed by atoms with Crippen molar-refractivity contribution in [1.29, 1.82) is 0 Å². The van der Waals surface area contributed by atoms with Crippen molar-refractivity contribution >= 4 is 21.8 Å². The van der Waals surface area contributed by atoms with Gasteiger partial charge in [-0.25, -0.2) is 13.5 Å². The Kier molecular flexibility index (Phi) is 5.89. The molecule has 1 unspecified atom stereocenters. The number of aromatic nitrogens is 5. The molecule has 0 bridgehead atoms. The summed E-state index contributed by atoms with van der Waals surface area (Å²) in [5.74, 6) is -1.10. The number of aryl methyl sites for hydroxylation is 1. The third-order valence-electron chi connectivity index (χ3n) is 8.53. The van der Waals surface area contributed by atoms with Gasteiger partial charge in [-0.15, -0.1) is 0 Å². The van der Waals surface area contributed by atoms with Crippen LogP contribution in [0.5, 0.6) is 11.9 Å². The Labute approximate surface area is 223 Å². The molecule has 0 radical (unpaired) electrons. The molecule has 4 aromatic rings. The third kappa shape index (κ3) is 4.01. The topological polar surface area (TPSA) is 98.4 Å². The molecule has 11 heteroatoms. The quantitative estimate of drug-likeness (QED) is 0.387. The number of alkyl halides is 1. The van der Waals surface area contributed by atoms with Gasteiger partial charge in [0.25, 0.3) is 0 Å². The Hall–Kier alpha value is -3.44. The van der Waals surface area contributed by atoms with Crippen LogP contribution in [0.4, 0.5) is 8.78 Å². The number of aromatic hydroxyl groups is 1. The number of rotatable bonds is 5. The molecule has 0 amide bonds. The Morgan fingerprint density at radius 2 is 2.08 bits per heavy atom. The molecule has 1 aromatic carbocycles. The van der Waals surface area contributed by atoms with Crippen molar-refractivity contribution in [3.8, 4) is 23.1 Å². The number of halogens is 2. The van der Waals surface area contributed by atoms with Crippen molar-refractivity contribution in [1.82, 2.24) is 29.6 Å². The number of pyridine rings is 1. The molecule has 3 aliphatic heterocycles. The van der Waals surface area contributed by atoms with Crippen LogP contribution in [-0.2, 0) is 4.74 Å². The van der Waals surface area contributed by atoms with Crippen LogP contribution >= 0.6 is 0 Å². The fraction of sp³-hybridized carbons (Fsp3) is 0.500. The first kappa shape index (κ1) is 24.6. The molecule has 1 N–H and O–H groups in total. The lowest BCUT2D eigenvalue weighted by molar-refractivity contribution is -0.0366. The Morgan fingerprint density at radius 1 is 1.18 bits per heavy atom. The van der Waals surface area contributed by atoms with Crippen molar-refractivity contribution in [2.45, 2.75) is 63.4 Å². The maximum atomic E-state index is 16.2. The average Bonchev–Trinajstić information content (AvgIpc) is 3.61. The SMILES string of the molecule is Cc1ccc2c(cnn2C2CCCCO2)c1-c1ncc2c(O)nc(OC[C@@]34CCCN3C[C@H](F)C4)nc2c1F. The highest BCUT2D eigenvalue weighted by Gasteiger charge is 2.49. The zero-order valence-electron chi connectivity index (χ0n) is 21.7. The Balaban J connectivity index is 1.27. The Bertz CT molecular complexity index is 1570. The molecular formula is C28H30F2N6O3. The van der Waals surface area contributed by atoms with Gasteiger partial charge in [0, 0.05) is 36.7 Å². The van der Waals surface area contributed by atoms with Crippen molar-refractivity contribution in [3.05, 3.63) is 35.9 Å². The predicted molar refractivity (Wildman–Crippen MR) is 140 cm³/mol. The summed E-state index contributed by atoms with van der Waals surface area (Å²) in [4.78, 5) is 14.9. The van der Waals surface area contributed by atoms with Crippen LogP contribution in [0.1, 0.15) is 50.3 Å². The van der Waals surface area contributed by atoms with Gasteiger partial charge >= 0.3 is 6.01 Å². The highest BCUT2D eigenvalue weighted by atomic mass is 19.1. The highest BCUT2D eigenvalue weighted by Crippen LogP contribution is 2.41. The van der Waals surface area contributed by atoms with E-state index in [1.54, 1.807) is 6.20 Å². The molecule has 6 heterocycles. The Morgan fingerprint density at radius 3 is 2.92 bits per heavy atom. The van der Waals surface area contributed by atoms with Gasteiger partial charge in [-0.3, -0.25) is 9.88 Å². The van der Waals surface area contributed by atoms with E-state index in [2.05, 4.69) is 25.0 Å². The van der Waals surface area contributed by atoms with E-state index in [4.69, 9.17) is 9.47 Å². The molecule has 39 heavy (non-hydrogen) atoms. The summed E-state index contributed by atoms with van der Waals surface area (Å²) < 4.78 is 44.0. The summed E-state index contributed by atoms with van der Waals surface area (Å²) in [5, 5.41) is 16.0. The molecule has 3 fully saturated rings. The molecule has 9 nitrogen and oxygen atoms in total. The van der Waals surface area contributed by atoms with E-state index in [0.29, 0.717) is 25.1 Å². The zero-order valence-corrected chi connectivity index (χ0v) is 21.7. The maximum absolute atomic E-state index is 16.2. The molecule has 3 aromatic heterocycles. The van der Waals surface area contributed by atoms with Crippen molar-refractivity contribution in [3.63, 3.8) is 0 Å². The van der Waals surface area contributed by atoms with E-state index < -0.39 is 23.4 Å². The largest absolute Gasteiger partial charge is 0.493 e. The van der Waals surface area contributed by atoms with Crippen LogP contribution < -0.4 is 4.74 Å². The van der Waals surface area contributed by atoms with Gasteiger partial charge in [0.1, 0.15) is 24.0 Å². The van der Waals surface area contributed by atoms with Crippen LogP contribution in [-0.4, -0.2) is 72.8 Å². The molecule has 3 atom stereocenters. The van der Waals surface area contributed by atoms with Crippen molar-refractivity contribution in [2.24, 2.45) is 0 Å². The molecule has 3 saturated heterocycles.